The zero-order chi connectivity index (χ0) is 11.8. The lowest BCUT2D eigenvalue weighted by Crippen LogP contribution is -2.36. The Morgan fingerprint density at radius 3 is 2.88 bits per heavy atom. The van der Waals surface area contributed by atoms with Crippen LogP contribution in [0.4, 0.5) is 0 Å². The zero-order valence-electron chi connectivity index (χ0n) is 10.4. The molecule has 1 aliphatic heterocycles. The van der Waals surface area contributed by atoms with E-state index in [9.17, 15) is 4.79 Å². The minimum Gasteiger partial charge on any atom is -0.380 e. The van der Waals surface area contributed by atoms with E-state index in [-0.39, 0.29) is 11.8 Å². The van der Waals surface area contributed by atoms with Crippen LogP contribution in [0.2, 0.25) is 0 Å². The summed E-state index contributed by atoms with van der Waals surface area (Å²) >= 11 is 0. The van der Waals surface area contributed by atoms with Gasteiger partial charge in [-0.25, -0.2) is 0 Å². The Kier molecular flexibility index (Phi) is 6.42. The van der Waals surface area contributed by atoms with Crippen LogP contribution in [-0.2, 0) is 9.53 Å². The molecule has 0 unspecified atom stereocenters. The minimum absolute atomic E-state index is 0.135. The van der Waals surface area contributed by atoms with Crippen molar-refractivity contribution in [3.05, 3.63) is 0 Å². The summed E-state index contributed by atoms with van der Waals surface area (Å²) in [6.07, 6.45) is 2.25. The van der Waals surface area contributed by atoms with Crippen LogP contribution in [0.25, 0.3) is 0 Å². The van der Waals surface area contributed by atoms with E-state index in [1.165, 1.54) is 0 Å². The maximum atomic E-state index is 11.7. The molecule has 0 bridgehead atoms. The number of rotatable bonds is 7. The number of amides is 1. The molecule has 0 aromatic heterocycles. The highest BCUT2D eigenvalue weighted by Crippen LogP contribution is 2.15. The summed E-state index contributed by atoms with van der Waals surface area (Å²) in [7, 11) is 0. The van der Waals surface area contributed by atoms with Crippen LogP contribution in [0.5, 0.6) is 0 Å². The van der Waals surface area contributed by atoms with Gasteiger partial charge >= 0.3 is 0 Å². The molecule has 16 heavy (non-hydrogen) atoms. The van der Waals surface area contributed by atoms with E-state index >= 15 is 0 Å². The molecule has 4 heteroatoms. The van der Waals surface area contributed by atoms with Gasteiger partial charge in [0.05, 0.1) is 12.5 Å². The number of hydrogen-bond acceptors (Lipinski definition) is 3. The van der Waals surface area contributed by atoms with E-state index in [0.29, 0.717) is 19.1 Å². The van der Waals surface area contributed by atoms with E-state index < -0.39 is 0 Å². The smallest absolute Gasteiger partial charge is 0.224 e. The Bertz CT molecular complexity index is 209. The Morgan fingerprint density at radius 2 is 2.25 bits per heavy atom. The molecule has 0 radical (unpaired) electrons. The van der Waals surface area contributed by atoms with Crippen LogP contribution >= 0.6 is 0 Å². The molecule has 1 aliphatic rings. The summed E-state index contributed by atoms with van der Waals surface area (Å²) in [6, 6.07) is 0. The van der Waals surface area contributed by atoms with Gasteiger partial charge in [-0.15, -0.1) is 0 Å². The molecule has 1 rings (SSSR count). The maximum Gasteiger partial charge on any atom is 0.224 e. The standard InChI is InChI=1S/C12H24N2O2/c1-3-4-6-16-7-5-14-12(15)11-9-13-8-10(11)2/h10-11,13H,3-9H2,1-2H3,(H,14,15)/t10-,11-/m1/s1. The fraction of sp³-hybridized carbons (Fsp3) is 0.917. The molecule has 0 spiro atoms. The quantitative estimate of drug-likeness (QED) is 0.633. The molecule has 0 aliphatic carbocycles. The summed E-state index contributed by atoms with van der Waals surface area (Å²) in [6.45, 7) is 8.07. The lowest BCUT2D eigenvalue weighted by molar-refractivity contribution is -0.125. The minimum atomic E-state index is 0.135. The van der Waals surface area contributed by atoms with Crippen LogP contribution in [0.3, 0.4) is 0 Å². The fourth-order valence-corrected chi connectivity index (χ4v) is 1.89. The summed E-state index contributed by atoms with van der Waals surface area (Å²) in [4.78, 5) is 11.7. The summed E-state index contributed by atoms with van der Waals surface area (Å²) < 4.78 is 5.38. The van der Waals surface area contributed by atoms with Gasteiger partial charge < -0.3 is 15.4 Å². The van der Waals surface area contributed by atoms with Gasteiger partial charge in [-0.05, 0) is 18.9 Å². The predicted molar refractivity (Wildman–Crippen MR) is 64.3 cm³/mol. The first-order valence-corrected chi connectivity index (χ1v) is 6.32. The molecule has 2 atom stereocenters. The molecule has 1 fully saturated rings. The molecule has 94 valence electrons. The van der Waals surface area contributed by atoms with Crippen LogP contribution < -0.4 is 10.6 Å². The molecule has 0 aromatic rings. The van der Waals surface area contributed by atoms with E-state index in [4.69, 9.17) is 4.74 Å². The van der Waals surface area contributed by atoms with Crippen molar-refractivity contribution in [3.8, 4) is 0 Å². The third-order valence-electron chi connectivity index (χ3n) is 3.04. The number of carbonyl (C=O) groups is 1. The maximum absolute atomic E-state index is 11.7. The SMILES string of the molecule is CCCCOCCNC(=O)[C@@H]1CNC[C@H]1C. The number of hydrogen-bond donors (Lipinski definition) is 2. The highest BCUT2D eigenvalue weighted by molar-refractivity contribution is 5.79. The van der Waals surface area contributed by atoms with Crippen LogP contribution in [0.15, 0.2) is 0 Å². The lowest BCUT2D eigenvalue weighted by Gasteiger charge is -2.14. The molecule has 0 aromatic carbocycles. The van der Waals surface area contributed by atoms with Gasteiger partial charge in [0.15, 0.2) is 0 Å². The number of ether oxygens (including phenoxy) is 1. The first-order valence-electron chi connectivity index (χ1n) is 6.32. The van der Waals surface area contributed by atoms with Crippen molar-refractivity contribution in [2.45, 2.75) is 26.7 Å². The summed E-state index contributed by atoms with van der Waals surface area (Å²) in [5, 5.41) is 6.16. The van der Waals surface area contributed by atoms with E-state index in [1.807, 2.05) is 0 Å². The molecule has 2 N–H and O–H groups in total. The Morgan fingerprint density at radius 1 is 1.44 bits per heavy atom. The van der Waals surface area contributed by atoms with Crippen LogP contribution in [-0.4, -0.2) is 38.8 Å². The van der Waals surface area contributed by atoms with Crippen molar-refractivity contribution in [3.63, 3.8) is 0 Å². The van der Waals surface area contributed by atoms with Crippen LogP contribution in [0.1, 0.15) is 26.7 Å². The topological polar surface area (TPSA) is 50.4 Å². The summed E-state index contributed by atoms with van der Waals surface area (Å²) in [5.74, 6) is 0.744. The van der Waals surface area contributed by atoms with Gasteiger partial charge in [-0.1, -0.05) is 20.3 Å². The Balaban J connectivity index is 2.02. The molecular weight excluding hydrogens is 204 g/mol. The number of unbranched alkanes of at least 4 members (excludes halogenated alkanes) is 1. The van der Waals surface area contributed by atoms with Crippen molar-refractivity contribution in [2.75, 3.05) is 32.8 Å². The second kappa shape index (κ2) is 7.63. The second-order valence-corrected chi connectivity index (χ2v) is 4.50. The van der Waals surface area contributed by atoms with Gasteiger partial charge in [0, 0.05) is 19.7 Å². The van der Waals surface area contributed by atoms with E-state index in [0.717, 1.165) is 32.5 Å². The van der Waals surface area contributed by atoms with E-state index in [1.54, 1.807) is 0 Å². The van der Waals surface area contributed by atoms with Crippen LogP contribution in [0, 0.1) is 11.8 Å². The molecule has 4 nitrogen and oxygen atoms in total. The van der Waals surface area contributed by atoms with Gasteiger partial charge in [0.1, 0.15) is 0 Å². The lowest BCUT2D eigenvalue weighted by atomic mass is 9.97. The van der Waals surface area contributed by atoms with E-state index in [2.05, 4.69) is 24.5 Å². The van der Waals surface area contributed by atoms with Crippen molar-refractivity contribution in [2.24, 2.45) is 11.8 Å². The van der Waals surface area contributed by atoms with Crippen molar-refractivity contribution in [1.29, 1.82) is 0 Å². The van der Waals surface area contributed by atoms with Crippen molar-refractivity contribution >= 4 is 5.91 Å². The highest BCUT2D eigenvalue weighted by atomic mass is 16.5. The monoisotopic (exact) mass is 228 g/mol. The first kappa shape index (κ1) is 13.5. The predicted octanol–water partition coefficient (Wildman–Crippen LogP) is 0.775. The van der Waals surface area contributed by atoms with Crippen molar-refractivity contribution in [1.82, 2.24) is 10.6 Å². The van der Waals surface area contributed by atoms with Crippen molar-refractivity contribution < 1.29 is 9.53 Å². The number of carbonyl (C=O) groups excluding carboxylic acids is 1. The largest absolute Gasteiger partial charge is 0.380 e. The molecule has 1 saturated heterocycles. The Hall–Kier alpha value is -0.610. The molecule has 1 amide bonds. The Labute approximate surface area is 98.1 Å². The van der Waals surface area contributed by atoms with Gasteiger partial charge in [-0.2, -0.15) is 0 Å². The molecule has 1 heterocycles. The average molecular weight is 228 g/mol. The zero-order valence-corrected chi connectivity index (χ0v) is 10.4. The third kappa shape index (κ3) is 4.49. The first-order chi connectivity index (χ1) is 7.75. The normalized spacial score (nSPS) is 24.6. The highest BCUT2D eigenvalue weighted by Gasteiger charge is 2.28. The third-order valence-corrected chi connectivity index (χ3v) is 3.04. The second-order valence-electron chi connectivity index (χ2n) is 4.50. The average Bonchev–Trinajstić information content (AvgIpc) is 2.69. The van der Waals surface area contributed by atoms with Gasteiger partial charge in [-0.3, -0.25) is 4.79 Å². The summed E-state index contributed by atoms with van der Waals surface area (Å²) in [5.41, 5.74) is 0. The fourth-order valence-electron chi connectivity index (χ4n) is 1.89. The van der Waals surface area contributed by atoms with Gasteiger partial charge in [0.2, 0.25) is 5.91 Å². The molecular formula is C12H24N2O2. The van der Waals surface area contributed by atoms with Gasteiger partial charge in [0.25, 0.3) is 0 Å². The molecule has 0 saturated carbocycles. The number of nitrogens with one attached hydrogen (secondary N) is 2.